The maximum Gasteiger partial charge on any atom is 0.242 e. The first kappa shape index (κ1) is 21.4. The average Bonchev–Trinajstić information content (AvgIpc) is 3.39. The Labute approximate surface area is 185 Å². The molecule has 2 heterocycles. The van der Waals surface area contributed by atoms with Crippen LogP contribution in [0.2, 0.25) is 0 Å². The molecule has 2 amide bonds. The molecule has 7 nitrogen and oxygen atoms in total. The van der Waals surface area contributed by atoms with Crippen LogP contribution in [0.3, 0.4) is 0 Å². The molecule has 2 aromatic rings. The summed E-state index contributed by atoms with van der Waals surface area (Å²) in [6.07, 6.45) is 2.00. The summed E-state index contributed by atoms with van der Waals surface area (Å²) < 4.78 is 10.9. The van der Waals surface area contributed by atoms with E-state index in [0.29, 0.717) is 24.0 Å². The molecule has 0 aliphatic carbocycles. The topological polar surface area (TPSA) is 80.2 Å². The quantitative estimate of drug-likeness (QED) is 0.709. The molecule has 2 fully saturated rings. The molecule has 0 spiro atoms. The van der Waals surface area contributed by atoms with Gasteiger partial charge in [0.15, 0.2) is 5.17 Å². The fourth-order valence-corrected chi connectivity index (χ4v) is 4.72. The van der Waals surface area contributed by atoms with Gasteiger partial charge in [0.05, 0.1) is 25.4 Å². The minimum absolute atomic E-state index is 0.00233. The van der Waals surface area contributed by atoms with Gasteiger partial charge >= 0.3 is 0 Å². The van der Waals surface area contributed by atoms with Crippen molar-refractivity contribution >= 4 is 40.1 Å². The Morgan fingerprint density at radius 2 is 2.00 bits per heavy atom. The van der Waals surface area contributed by atoms with Crippen LogP contribution in [0.25, 0.3) is 0 Å². The van der Waals surface area contributed by atoms with E-state index in [9.17, 15) is 9.59 Å². The number of rotatable bonds is 7. The van der Waals surface area contributed by atoms with Gasteiger partial charge in [-0.1, -0.05) is 30.0 Å². The molecule has 0 aromatic heterocycles. The van der Waals surface area contributed by atoms with Crippen molar-refractivity contribution in [3.63, 3.8) is 0 Å². The molecular formula is C23H25N3O4S. The summed E-state index contributed by atoms with van der Waals surface area (Å²) in [5.41, 5.74) is 1.44. The van der Waals surface area contributed by atoms with Crippen LogP contribution in [0.4, 0.5) is 11.4 Å². The maximum absolute atomic E-state index is 13.2. The number of carbonyl (C=O) groups is 2. The van der Waals surface area contributed by atoms with Gasteiger partial charge in [0.2, 0.25) is 11.8 Å². The van der Waals surface area contributed by atoms with Crippen LogP contribution < -0.4 is 10.1 Å². The van der Waals surface area contributed by atoms with Gasteiger partial charge in [0.25, 0.3) is 0 Å². The highest BCUT2D eigenvalue weighted by Gasteiger charge is 2.40. The minimum atomic E-state index is -0.512. The number of nitrogens with zero attached hydrogens (tertiary/aromatic N) is 2. The first-order valence-corrected chi connectivity index (χ1v) is 11.2. The van der Waals surface area contributed by atoms with E-state index in [4.69, 9.17) is 14.5 Å². The first-order valence-electron chi connectivity index (χ1n) is 10.3. The molecular weight excluding hydrogens is 414 g/mol. The molecule has 0 unspecified atom stereocenters. The Bertz CT molecular complexity index is 943. The predicted molar refractivity (Wildman–Crippen MR) is 122 cm³/mol. The van der Waals surface area contributed by atoms with Crippen molar-refractivity contribution < 1.29 is 19.1 Å². The molecule has 2 atom stereocenters. The Balaban J connectivity index is 1.49. The van der Waals surface area contributed by atoms with Crippen LogP contribution in [-0.4, -0.2) is 53.5 Å². The van der Waals surface area contributed by atoms with Crippen LogP contribution >= 0.6 is 11.8 Å². The third-order valence-electron chi connectivity index (χ3n) is 5.16. The summed E-state index contributed by atoms with van der Waals surface area (Å²) in [6, 6.07) is 16.6. The summed E-state index contributed by atoms with van der Waals surface area (Å²) in [4.78, 5) is 32.0. The molecule has 0 saturated carbocycles. The summed E-state index contributed by atoms with van der Waals surface area (Å²) >= 11 is 1.33. The number of ether oxygens (including phenoxy) is 2. The van der Waals surface area contributed by atoms with Crippen molar-refractivity contribution in [1.82, 2.24) is 4.90 Å². The number of hydrogen-bond donors (Lipinski definition) is 1. The lowest BCUT2D eigenvalue weighted by Crippen LogP contribution is -2.38. The number of benzene rings is 2. The lowest BCUT2D eigenvalue weighted by Gasteiger charge is -2.20. The van der Waals surface area contributed by atoms with Crippen LogP contribution in [0.1, 0.15) is 19.3 Å². The number of nitrogens with one attached hydrogen (secondary N) is 1. The number of amides is 2. The van der Waals surface area contributed by atoms with Crippen molar-refractivity contribution in [2.24, 2.45) is 4.99 Å². The highest BCUT2D eigenvalue weighted by molar-refractivity contribution is 8.15. The SMILES string of the molecule is COc1ccc(N=C2S[C@H](CC(=O)Nc3ccccc3)C(=O)N2C[C@@H]2CCCO2)cc1. The second-order valence-corrected chi connectivity index (χ2v) is 8.57. The van der Waals surface area contributed by atoms with Crippen LogP contribution in [0, 0.1) is 0 Å². The highest BCUT2D eigenvalue weighted by atomic mass is 32.2. The van der Waals surface area contributed by atoms with E-state index in [2.05, 4.69) is 5.32 Å². The molecule has 0 bridgehead atoms. The van der Waals surface area contributed by atoms with Crippen LogP contribution in [0.15, 0.2) is 59.6 Å². The Morgan fingerprint density at radius 3 is 2.68 bits per heavy atom. The van der Waals surface area contributed by atoms with Crippen molar-refractivity contribution in [2.45, 2.75) is 30.6 Å². The molecule has 2 aromatic carbocycles. The molecule has 0 radical (unpaired) electrons. The van der Waals surface area contributed by atoms with E-state index in [1.807, 2.05) is 54.6 Å². The molecule has 1 N–H and O–H groups in total. The summed E-state index contributed by atoms with van der Waals surface area (Å²) in [6.45, 7) is 1.17. The molecule has 8 heteroatoms. The molecule has 2 aliphatic rings. The fourth-order valence-electron chi connectivity index (χ4n) is 3.55. The lowest BCUT2D eigenvalue weighted by molar-refractivity contribution is -0.129. The van der Waals surface area contributed by atoms with Gasteiger partial charge in [0.1, 0.15) is 11.0 Å². The van der Waals surface area contributed by atoms with E-state index in [1.165, 1.54) is 11.8 Å². The van der Waals surface area contributed by atoms with Crippen molar-refractivity contribution in [3.05, 3.63) is 54.6 Å². The standard InChI is InChI=1S/C23H25N3O4S/c1-29-18-11-9-17(10-12-18)25-23-26(15-19-8-5-13-30-19)22(28)20(31-23)14-21(27)24-16-6-3-2-4-7-16/h2-4,6-7,9-12,19-20H,5,8,13-15H2,1H3,(H,24,27)/t19-,20+/m0/s1. The number of thioether (sulfide) groups is 1. The van der Waals surface area contributed by atoms with Gasteiger partial charge in [-0.15, -0.1) is 0 Å². The molecule has 2 saturated heterocycles. The van der Waals surface area contributed by atoms with Gasteiger partial charge < -0.3 is 14.8 Å². The van der Waals surface area contributed by atoms with Gasteiger partial charge in [0, 0.05) is 18.7 Å². The van der Waals surface area contributed by atoms with E-state index >= 15 is 0 Å². The van der Waals surface area contributed by atoms with Gasteiger partial charge in [-0.2, -0.15) is 0 Å². The number of aliphatic imine (C=N–C) groups is 1. The van der Waals surface area contributed by atoms with E-state index in [-0.39, 0.29) is 24.3 Å². The number of para-hydroxylation sites is 1. The van der Waals surface area contributed by atoms with E-state index in [0.717, 1.165) is 24.3 Å². The number of anilines is 1. The molecule has 4 rings (SSSR count). The minimum Gasteiger partial charge on any atom is -0.497 e. The molecule has 162 valence electrons. The third kappa shape index (κ3) is 5.45. The molecule has 31 heavy (non-hydrogen) atoms. The van der Waals surface area contributed by atoms with Crippen molar-refractivity contribution in [1.29, 1.82) is 0 Å². The van der Waals surface area contributed by atoms with Gasteiger partial charge in [-0.3, -0.25) is 14.5 Å². The van der Waals surface area contributed by atoms with E-state index < -0.39 is 5.25 Å². The fraction of sp³-hybridized carbons (Fsp3) is 0.348. The number of hydrogen-bond acceptors (Lipinski definition) is 6. The zero-order valence-electron chi connectivity index (χ0n) is 17.3. The molecule has 2 aliphatic heterocycles. The summed E-state index contributed by atoms with van der Waals surface area (Å²) in [7, 11) is 1.61. The number of methoxy groups -OCH3 is 1. The summed E-state index contributed by atoms with van der Waals surface area (Å²) in [5.74, 6) is 0.446. The van der Waals surface area contributed by atoms with Gasteiger partial charge in [-0.05, 0) is 49.2 Å². The smallest absolute Gasteiger partial charge is 0.242 e. The maximum atomic E-state index is 13.2. The predicted octanol–water partition coefficient (Wildman–Crippen LogP) is 3.83. The lowest BCUT2D eigenvalue weighted by atomic mass is 10.2. The zero-order valence-corrected chi connectivity index (χ0v) is 18.1. The van der Waals surface area contributed by atoms with Crippen molar-refractivity contribution in [3.8, 4) is 5.75 Å². The van der Waals surface area contributed by atoms with Crippen molar-refractivity contribution in [2.75, 3.05) is 25.6 Å². The van der Waals surface area contributed by atoms with Crippen LogP contribution in [0.5, 0.6) is 5.75 Å². The Hall–Kier alpha value is -2.84. The Kier molecular flexibility index (Phi) is 6.89. The second-order valence-electron chi connectivity index (χ2n) is 7.40. The first-order chi connectivity index (χ1) is 15.1. The van der Waals surface area contributed by atoms with E-state index in [1.54, 1.807) is 12.0 Å². The van der Waals surface area contributed by atoms with Gasteiger partial charge in [-0.25, -0.2) is 4.99 Å². The number of amidine groups is 1. The zero-order chi connectivity index (χ0) is 21.6. The number of carbonyl (C=O) groups excluding carboxylic acids is 2. The second kappa shape index (κ2) is 9.98. The van der Waals surface area contributed by atoms with Crippen LogP contribution in [-0.2, 0) is 14.3 Å². The summed E-state index contributed by atoms with van der Waals surface area (Å²) in [5, 5.41) is 2.94. The monoisotopic (exact) mass is 439 g/mol. The largest absolute Gasteiger partial charge is 0.497 e. The normalized spacial score (nSPS) is 22.2. The Morgan fingerprint density at radius 1 is 1.23 bits per heavy atom. The third-order valence-corrected chi connectivity index (χ3v) is 6.33. The average molecular weight is 440 g/mol. The highest BCUT2D eigenvalue weighted by Crippen LogP contribution is 2.33.